The van der Waals surface area contributed by atoms with Gasteiger partial charge in [-0.05, 0) is 19.6 Å². The van der Waals surface area contributed by atoms with E-state index in [0.29, 0.717) is 0 Å². The van der Waals surface area contributed by atoms with Gasteiger partial charge in [-0.1, -0.05) is 6.92 Å². The van der Waals surface area contributed by atoms with Crippen molar-refractivity contribution < 1.29 is 28.3 Å². The van der Waals surface area contributed by atoms with Crippen LogP contribution < -0.4 is 0 Å². The van der Waals surface area contributed by atoms with Gasteiger partial charge in [-0.3, -0.25) is 4.79 Å². The standard InChI is InChI=1S/C11H20O6Si/c1-7-8(12)11(9(13)15-2,10(14)16-3)17-18(4,5)6/h7H2,1-6H3. The summed E-state index contributed by atoms with van der Waals surface area (Å²) in [5.74, 6) is -2.74. The quantitative estimate of drug-likeness (QED) is 0.407. The average Bonchev–Trinajstić information content (AvgIpc) is 2.31. The van der Waals surface area contributed by atoms with E-state index in [-0.39, 0.29) is 6.42 Å². The Labute approximate surface area is 108 Å². The molecule has 7 heteroatoms. The number of carbonyl (C=O) groups excluding carboxylic acids is 3. The summed E-state index contributed by atoms with van der Waals surface area (Å²) in [5.41, 5.74) is -2.29. The first kappa shape index (κ1) is 16.8. The number of methoxy groups -OCH3 is 2. The summed E-state index contributed by atoms with van der Waals surface area (Å²) in [7, 11) is -0.165. The van der Waals surface area contributed by atoms with Crippen LogP contribution in [-0.2, 0) is 28.3 Å². The number of ketones is 1. The second-order valence-corrected chi connectivity index (χ2v) is 9.08. The normalized spacial score (nSPS) is 11.9. The van der Waals surface area contributed by atoms with Gasteiger partial charge in [-0.15, -0.1) is 0 Å². The molecule has 18 heavy (non-hydrogen) atoms. The highest BCUT2D eigenvalue weighted by molar-refractivity contribution is 6.70. The molecule has 6 nitrogen and oxygen atoms in total. The van der Waals surface area contributed by atoms with Gasteiger partial charge in [0.1, 0.15) is 0 Å². The number of carbonyl (C=O) groups is 3. The average molecular weight is 276 g/mol. The Balaban J connectivity index is 5.78. The first-order valence-corrected chi connectivity index (χ1v) is 8.96. The predicted molar refractivity (Wildman–Crippen MR) is 66.5 cm³/mol. The lowest BCUT2D eigenvalue weighted by Gasteiger charge is -2.32. The van der Waals surface area contributed by atoms with Crippen LogP contribution in [0.1, 0.15) is 13.3 Å². The molecular formula is C11H20O6Si. The Kier molecular flexibility index (Phi) is 5.69. The van der Waals surface area contributed by atoms with Crippen LogP contribution in [0.25, 0.3) is 0 Å². The fourth-order valence-corrected chi connectivity index (χ4v) is 2.65. The van der Waals surface area contributed by atoms with Crippen molar-refractivity contribution in [1.29, 1.82) is 0 Å². The molecule has 0 N–H and O–H groups in total. The Bertz CT molecular complexity index is 303. The van der Waals surface area contributed by atoms with Gasteiger partial charge in [0.25, 0.3) is 0 Å². The van der Waals surface area contributed by atoms with Crippen molar-refractivity contribution in [2.24, 2.45) is 0 Å². The summed E-state index contributed by atoms with van der Waals surface area (Å²) in [4.78, 5) is 35.7. The zero-order valence-electron chi connectivity index (χ0n) is 11.7. The fraction of sp³-hybridized carbons (Fsp3) is 0.727. The van der Waals surface area contributed by atoms with Crippen LogP contribution in [0.3, 0.4) is 0 Å². The molecule has 0 fully saturated rings. The summed E-state index contributed by atoms with van der Waals surface area (Å²) >= 11 is 0. The summed E-state index contributed by atoms with van der Waals surface area (Å²) in [5, 5.41) is 0. The smallest absolute Gasteiger partial charge is 0.357 e. The fourth-order valence-electron chi connectivity index (χ4n) is 1.45. The number of rotatable bonds is 6. The Morgan fingerprint density at radius 3 is 1.61 bits per heavy atom. The van der Waals surface area contributed by atoms with Gasteiger partial charge in [0.05, 0.1) is 14.2 Å². The van der Waals surface area contributed by atoms with Gasteiger partial charge < -0.3 is 13.9 Å². The van der Waals surface area contributed by atoms with Gasteiger partial charge in [-0.2, -0.15) is 0 Å². The largest absolute Gasteiger partial charge is 0.466 e. The Hall–Kier alpha value is -1.21. The summed E-state index contributed by atoms with van der Waals surface area (Å²) in [6.45, 7) is 6.82. The highest BCUT2D eigenvalue weighted by atomic mass is 28.4. The second kappa shape index (κ2) is 6.10. The minimum absolute atomic E-state index is 0.0331. The first-order valence-electron chi connectivity index (χ1n) is 5.56. The van der Waals surface area contributed by atoms with E-state index in [1.807, 2.05) is 0 Å². The molecule has 0 unspecified atom stereocenters. The third kappa shape index (κ3) is 3.39. The van der Waals surface area contributed by atoms with Crippen molar-refractivity contribution in [1.82, 2.24) is 0 Å². The van der Waals surface area contributed by atoms with E-state index in [1.54, 1.807) is 19.6 Å². The molecule has 104 valence electrons. The molecule has 0 bridgehead atoms. The molecule has 0 rings (SSSR count). The van der Waals surface area contributed by atoms with Crippen LogP contribution in [0.2, 0.25) is 19.6 Å². The van der Waals surface area contributed by atoms with Crippen LogP contribution in [0.5, 0.6) is 0 Å². The molecule has 0 aromatic heterocycles. The molecule has 0 heterocycles. The molecule has 0 saturated carbocycles. The van der Waals surface area contributed by atoms with Crippen LogP contribution in [-0.4, -0.2) is 45.9 Å². The molecule has 0 aromatic carbocycles. The molecule has 0 radical (unpaired) electrons. The topological polar surface area (TPSA) is 78.9 Å². The number of hydrogen-bond acceptors (Lipinski definition) is 6. The van der Waals surface area contributed by atoms with Gasteiger partial charge in [-0.25, -0.2) is 9.59 Å². The first-order chi connectivity index (χ1) is 8.15. The monoisotopic (exact) mass is 276 g/mol. The van der Waals surface area contributed by atoms with Gasteiger partial charge in [0.2, 0.25) is 0 Å². The van der Waals surface area contributed by atoms with Crippen molar-refractivity contribution in [3.05, 3.63) is 0 Å². The summed E-state index contributed by atoms with van der Waals surface area (Å²) in [6, 6.07) is 0. The summed E-state index contributed by atoms with van der Waals surface area (Å²) < 4.78 is 14.6. The molecule has 0 aliphatic rings. The second-order valence-electron chi connectivity index (χ2n) is 4.66. The van der Waals surface area contributed by atoms with E-state index < -0.39 is 31.6 Å². The van der Waals surface area contributed by atoms with Gasteiger partial charge >= 0.3 is 17.5 Å². The Morgan fingerprint density at radius 2 is 1.39 bits per heavy atom. The van der Waals surface area contributed by atoms with Crippen LogP contribution in [0.15, 0.2) is 0 Å². The highest BCUT2D eigenvalue weighted by Crippen LogP contribution is 2.24. The molecule has 0 atom stereocenters. The van der Waals surface area contributed by atoms with E-state index in [1.165, 1.54) is 6.92 Å². The lowest BCUT2D eigenvalue weighted by Crippen LogP contribution is -2.60. The maximum atomic E-state index is 12.0. The van der Waals surface area contributed by atoms with E-state index in [4.69, 9.17) is 4.43 Å². The van der Waals surface area contributed by atoms with Gasteiger partial charge in [0, 0.05) is 6.42 Å². The predicted octanol–water partition coefficient (Wildman–Crippen LogP) is 0.902. The number of hydrogen-bond donors (Lipinski definition) is 0. The lowest BCUT2D eigenvalue weighted by molar-refractivity contribution is -0.180. The molecule has 0 saturated heterocycles. The molecule has 0 spiro atoms. The SMILES string of the molecule is CCC(=O)C(O[Si](C)(C)C)(C(=O)OC)C(=O)OC. The van der Waals surface area contributed by atoms with Crippen molar-refractivity contribution in [3.63, 3.8) is 0 Å². The van der Waals surface area contributed by atoms with Crippen LogP contribution in [0.4, 0.5) is 0 Å². The maximum Gasteiger partial charge on any atom is 0.357 e. The third-order valence-corrected chi connectivity index (χ3v) is 3.04. The number of ether oxygens (including phenoxy) is 2. The Morgan fingerprint density at radius 1 is 1.00 bits per heavy atom. The molecule has 0 aliphatic heterocycles. The number of esters is 2. The van der Waals surface area contributed by atoms with Gasteiger partial charge in [0.15, 0.2) is 14.1 Å². The third-order valence-electron chi connectivity index (χ3n) is 2.12. The maximum absolute atomic E-state index is 12.0. The van der Waals surface area contributed by atoms with E-state index in [2.05, 4.69) is 9.47 Å². The molecule has 0 aromatic rings. The molecule has 0 amide bonds. The summed E-state index contributed by atoms with van der Waals surface area (Å²) in [6.07, 6.45) is -0.0331. The van der Waals surface area contributed by atoms with E-state index in [0.717, 1.165) is 14.2 Å². The van der Waals surface area contributed by atoms with E-state index in [9.17, 15) is 14.4 Å². The minimum atomic E-state index is -2.35. The highest BCUT2D eigenvalue weighted by Gasteiger charge is 2.57. The number of Topliss-reactive ketones (excluding diaryl/α,β-unsaturated/α-hetero) is 1. The van der Waals surface area contributed by atoms with E-state index >= 15 is 0 Å². The lowest BCUT2D eigenvalue weighted by atomic mass is 9.97. The van der Waals surface area contributed by atoms with Crippen molar-refractivity contribution in [2.75, 3.05) is 14.2 Å². The van der Waals surface area contributed by atoms with Crippen LogP contribution in [0, 0.1) is 0 Å². The van der Waals surface area contributed by atoms with Crippen LogP contribution >= 0.6 is 0 Å². The van der Waals surface area contributed by atoms with Crippen molar-refractivity contribution in [2.45, 2.75) is 38.6 Å². The molecular weight excluding hydrogens is 256 g/mol. The minimum Gasteiger partial charge on any atom is -0.466 e. The zero-order valence-corrected chi connectivity index (χ0v) is 12.7. The van der Waals surface area contributed by atoms with Crippen molar-refractivity contribution in [3.8, 4) is 0 Å². The molecule has 0 aliphatic carbocycles. The van der Waals surface area contributed by atoms with Crippen molar-refractivity contribution >= 4 is 26.0 Å². The zero-order chi connectivity index (χ0) is 14.6.